The topological polar surface area (TPSA) is 76.9 Å². The summed E-state index contributed by atoms with van der Waals surface area (Å²) < 4.78 is 1.94. The summed E-state index contributed by atoms with van der Waals surface area (Å²) in [5, 5.41) is 3.74. The second kappa shape index (κ2) is 6.59. The van der Waals surface area contributed by atoms with Crippen LogP contribution in [-0.4, -0.2) is 20.4 Å². The van der Waals surface area contributed by atoms with Crippen LogP contribution in [0, 0.1) is 20.8 Å². The smallest absolute Gasteiger partial charge is 0.272 e. The van der Waals surface area contributed by atoms with E-state index in [2.05, 4.69) is 15.3 Å². The minimum absolute atomic E-state index is 0.0808. The van der Waals surface area contributed by atoms with Gasteiger partial charge in [0.1, 0.15) is 21.9 Å². The van der Waals surface area contributed by atoms with Gasteiger partial charge in [-0.1, -0.05) is 17.7 Å². The molecule has 3 heterocycles. The number of anilines is 1. The number of hydrogen-bond donors (Lipinski definition) is 1. The van der Waals surface area contributed by atoms with Gasteiger partial charge in [-0.15, -0.1) is 11.3 Å². The van der Waals surface area contributed by atoms with Crippen LogP contribution in [0.4, 0.5) is 5.69 Å². The summed E-state index contributed by atoms with van der Waals surface area (Å²) in [5.41, 5.74) is 3.30. The molecule has 0 fully saturated rings. The largest absolute Gasteiger partial charge is 0.324 e. The molecule has 0 spiro atoms. The van der Waals surface area contributed by atoms with Crippen molar-refractivity contribution in [2.24, 2.45) is 0 Å². The molecule has 27 heavy (non-hydrogen) atoms. The van der Waals surface area contributed by atoms with Crippen molar-refractivity contribution >= 4 is 43.4 Å². The minimum atomic E-state index is -0.257. The molecule has 0 radical (unpaired) electrons. The van der Waals surface area contributed by atoms with E-state index in [-0.39, 0.29) is 18.0 Å². The SMILES string of the molecule is Cc1ccc(NC(=O)Cn2c(C)nc3c(sc4ncccc43)c2=O)c(C)c1. The fourth-order valence-corrected chi connectivity index (χ4v) is 4.17. The molecule has 0 saturated heterocycles. The second-order valence-corrected chi connectivity index (χ2v) is 7.55. The Morgan fingerprint density at radius 2 is 2.04 bits per heavy atom. The molecule has 7 heteroatoms. The van der Waals surface area contributed by atoms with Gasteiger partial charge in [-0.2, -0.15) is 0 Å². The Hall–Kier alpha value is -3.06. The third kappa shape index (κ3) is 3.10. The number of nitrogens with one attached hydrogen (secondary N) is 1. The summed E-state index contributed by atoms with van der Waals surface area (Å²) in [6.07, 6.45) is 1.69. The number of aromatic nitrogens is 3. The van der Waals surface area contributed by atoms with Gasteiger partial charge in [0, 0.05) is 17.3 Å². The lowest BCUT2D eigenvalue weighted by Crippen LogP contribution is -2.29. The Bertz CT molecular complexity index is 1260. The Morgan fingerprint density at radius 1 is 1.22 bits per heavy atom. The van der Waals surface area contributed by atoms with Gasteiger partial charge in [0.15, 0.2) is 0 Å². The van der Waals surface area contributed by atoms with E-state index in [1.54, 1.807) is 13.1 Å². The van der Waals surface area contributed by atoms with E-state index in [4.69, 9.17) is 0 Å². The zero-order valence-electron chi connectivity index (χ0n) is 15.2. The second-order valence-electron chi connectivity index (χ2n) is 6.55. The Morgan fingerprint density at radius 3 is 2.81 bits per heavy atom. The molecule has 0 unspecified atom stereocenters. The molecule has 0 saturated carbocycles. The monoisotopic (exact) mass is 378 g/mol. The highest BCUT2D eigenvalue weighted by molar-refractivity contribution is 7.25. The van der Waals surface area contributed by atoms with Crippen molar-refractivity contribution in [3.63, 3.8) is 0 Å². The minimum Gasteiger partial charge on any atom is -0.324 e. The molecule has 0 aliphatic rings. The number of amides is 1. The first-order valence-corrected chi connectivity index (χ1v) is 9.37. The highest BCUT2D eigenvalue weighted by atomic mass is 32.1. The molecule has 0 bridgehead atoms. The molecule has 136 valence electrons. The van der Waals surface area contributed by atoms with Gasteiger partial charge in [0.05, 0.1) is 5.52 Å². The van der Waals surface area contributed by atoms with Crippen molar-refractivity contribution in [1.82, 2.24) is 14.5 Å². The van der Waals surface area contributed by atoms with Gasteiger partial charge < -0.3 is 5.32 Å². The summed E-state index contributed by atoms with van der Waals surface area (Å²) in [4.78, 5) is 35.1. The summed E-state index contributed by atoms with van der Waals surface area (Å²) in [6.45, 7) is 5.60. The predicted octanol–water partition coefficient (Wildman–Crippen LogP) is 3.57. The lowest BCUT2D eigenvalue weighted by Gasteiger charge is -2.12. The van der Waals surface area contributed by atoms with Gasteiger partial charge >= 0.3 is 0 Å². The number of hydrogen-bond acceptors (Lipinski definition) is 5. The molecular weight excluding hydrogens is 360 g/mol. The zero-order valence-corrected chi connectivity index (χ0v) is 16.1. The quantitative estimate of drug-likeness (QED) is 0.591. The van der Waals surface area contributed by atoms with Gasteiger partial charge in [0.2, 0.25) is 5.91 Å². The van der Waals surface area contributed by atoms with E-state index in [0.29, 0.717) is 16.0 Å². The van der Waals surface area contributed by atoms with Gasteiger partial charge in [-0.25, -0.2) is 9.97 Å². The van der Waals surface area contributed by atoms with Crippen LogP contribution in [0.5, 0.6) is 0 Å². The van der Waals surface area contributed by atoms with Crippen LogP contribution in [-0.2, 0) is 11.3 Å². The van der Waals surface area contributed by atoms with Crippen molar-refractivity contribution in [1.29, 1.82) is 0 Å². The summed E-state index contributed by atoms with van der Waals surface area (Å²) in [6, 6.07) is 9.55. The van der Waals surface area contributed by atoms with Crippen molar-refractivity contribution in [3.05, 3.63) is 63.8 Å². The van der Waals surface area contributed by atoms with Gasteiger partial charge in [-0.05, 0) is 44.5 Å². The molecular formula is C20H18N4O2S. The molecule has 3 aromatic heterocycles. The van der Waals surface area contributed by atoms with E-state index in [1.807, 2.05) is 44.2 Å². The number of thiophene rings is 1. The van der Waals surface area contributed by atoms with Gasteiger partial charge in [-0.3, -0.25) is 14.2 Å². The highest BCUT2D eigenvalue weighted by Gasteiger charge is 2.16. The summed E-state index contributed by atoms with van der Waals surface area (Å²) in [7, 11) is 0. The molecule has 1 amide bonds. The average Bonchev–Trinajstić information content (AvgIpc) is 3.00. The van der Waals surface area contributed by atoms with E-state index in [1.165, 1.54) is 15.9 Å². The molecule has 4 aromatic rings. The van der Waals surface area contributed by atoms with Crippen LogP contribution in [0.3, 0.4) is 0 Å². The number of carbonyl (C=O) groups excluding carboxylic acids is 1. The zero-order chi connectivity index (χ0) is 19.1. The fourth-order valence-electron chi connectivity index (χ4n) is 3.14. The Kier molecular flexibility index (Phi) is 4.24. The predicted molar refractivity (Wildman–Crippen MR) is 108 cm³/mol. The normalized spacial score (nSPS) is 11.2. The third-order valence-corrected chi connectivity index (χ3v) is 5.59. The fraction of sp³-hybridized carbons (Fsp3) is 0.200. The molecule has 0 aliphatic heterocycles. The first kappa shape index (κ1) is 17.4. The van der Waals surface area contributed by atoms with E-state index in [0.717, 1.165) is 27.0 Å². The van der Waals surface area contributed by atoms with Crippen LogP contribution < -0.4 is 10.9 Å². The summed E-state index contributed by atoms with van der Waals surface area (Å²) >= 11 is 1.31. The number of carbonyl (C=O) groups is 1. The lowest BCUT2D eigenvalue weighted by atomic mass is 10.1. The van der Waals surface area contributed by atoms with Crippen LogP contribution in [0.15, 0.2) is 41.3 Å². The molecule has 0 aliphatic carbocycles. The molecule has 6 nitrogen and oxygen atoms in total. The number of pyridine rings is 1. The van der Waals surface area contributed by atoms with Gasteiger partial charge in [0.25, 0.3) is 5.56 Å². The van der Waals surface area contributed by atoms with E-state index >= 15 is 0 Å². The van der Waals surface area contributed by atoms with E-state index in [9.17, 15) is 9.59 Å². The van der Waals surface area contributed by atoms with E-state index < -0.39 is 0 Å². The molecule has 1 N–H and O–H groups in total. The Balaban J connectivity index is 1.70. The Labute approximate surface area is 159 Å². The number of rotatable bonds is 3. The average molecular weight is 378 g/mol. The number of nitrogens with zero attached hydrogens (tertiary/aromatic N) is 3. The van der Waals surface area contributed by atoms with Crippen LogP contribution in [0.25, 0.3) is 20.4 Å². The molecule has 4 rings (SSSR count). The maximum absolute atomic E-state index is 12.9. The summed E-state index contributed by atoms with van der Waals surface area (Å²) in [5.74, 6) is 0.249. The third-order valence-electron chi connectivity index (χ3n) is 4.50. The lowest BCUT2D eigenvalue weighted by molar-refractivity contribution is -0.116. The maximum Gasteiger partial charge on any atom is 0.272 e. The molecule has 0 atom stereocenters. The van der Waals surface area contributed by atoms with Crippen molar-refractivity contribution < 1.29 is 4.79 Å². The molecule has 1 aromatic carbocycles. The highest BCUT2D eigenvalue weighted by Crippen LogP contribution is 2.28. The number of benzene rings is 1. The standard InChI is InChI=1S/C20H18N4O2S/c1-11-6-7-15(12(2)9-11)23-16(25)10-24-13(3)22-17-14-5-4-8-21-19(14)27-18(17)20(24)26/h4-9H,10H2,1-3H3,(H,23,25). The maximum atomic E-state index is 12.9. The van der Waals surface area contributed by atoms with Crippen molar-refractivity contribution in [2.45, 2.75) is 27.3 Å². The van der Waals surface area contributed by atoms with Crippen LogP contribution in [0.2, 0.25) is 0 Å². The van der Waals surface area contributed by atoms with Crippen molar-refractivity contribution in [2.75, 3.05) is 5.32 Å². The first-order chi connectivity index (χ1) is 12.9. The van der Waals surface area contributed by atoms with Crippen LogP contribution >= 0.6 is 11.3 Å². The van der Waals surface area contributed by atoms with Crippen molar-refractivity contribution in [3.8, 4) is 0 Å². The van der Waals surface area contributed by atoms with Crippen LogP contribution in [0.1, 0.15) is 17.0 Å². The first-order valence-electron chi connectivity index (χ1n) is 8.56. The number of aryl methyl sites for hydroxylation is 3. The number of fused-ring (bicyclic) bond motifs is 3.